The third-order valence-electron chi connectivity index (χ3n) is 6.22. The van der Waals surface area contributed by atoms with Gasteiger partial charge >= 0.3 is 5.97 Å². The largest absolute Gasteiger partial charge is 0.478 e. The summed E-state index contributed by atoms with van der Waals surface area (Å²) in [6.07, 6.45) is 6.79. The third kappa shape index (κ3) is 4.12. The van der Waals surface area contributed by atoms with E-state index in [2.05, 4.69) is 17.1 Å². The molecule has 2 N–H and O–H groups in total. The van der Waals surface area contributed by atoms with E-state index in [1.807, 2.05) is 24.3 Å². The highest BCUT2D eigenvalue weighted by atomic mass is 16.4. The number of benzene rings is 2. The monoisotopic (exact) mass is 389 g/mol. The first kappa shape index (κ1) is 19.4. The first-order valence-corrected chi connectivity index (χ1v) is 10.5. The lowest BCUT2D eigenvalue weighted by molar-refractivity contribution is 0.0696. The van der Waals surface area contributed by atoms with Crippen molar-refractivity contribution in [3.8, 4) is 0 Å². The Kier molecular flexibility index (Phi) is 5.52. The minimum absolute atomic E-state index is 0.158. The number of aromatic carboxylic acids is 1. The fraction of sp³-hybridized carbons (Fsp3) is 0.360. The lowest BCUT2D eigenvalue weighted by atomic mass is 9.94. The van der Waals surface area contributed by atoms with Crippen molar-refractivity contribution in [2.45, 2.75) is 51.9 Å². The Morgan fingerprint density at radius 1 is 1.07 bits per heavy atom. The van der Waals surface area contributed by atoms with E-state index in [4.69, 9.17) is 0 Å². The molecule has 4 rings (SSSR count). The molecule has 1 aromatic heterocycles. The van der Waals surface area contributed by atoms with Gasteiger partial charge < -0.3 is 10.1 Å². The number of aromatic nitrogens is 1. The van der Waals surface area contributed by atoms with E-state index in [1.165, 1.54) is 18.4 Å². The number of hydrogen-bond acceptors (Lipinski definition) is 2. The lowest BCUT2D eigenvalue weighted by Crippen LogP contribution is -2.09. The van der Waals surface area contributed by atoms with Crippen molar-refractivity contribution < 1.29 is 14.7 Å². The third-order valence-corrected chi connectivity index (χ3v) is 6.22. The SMILES string of the molecule is Cc1cc2[nH]c(C(=O)CC3CCCC3)c(CCc3ccccc3)c2cc1C(=O)O. The van der Waals surface area contributed by atoms with Crippen LogP contribution in [0.4, 0.5) is 0 Å². The van der Waals surface area contributed by atoms with Crippen LogP contribution in [0.15, 0.2) is 42.5 Å². The van der Waals surface area contributed by atoms with Crippen molar-refractivity contribution in [2.24, 2.45) is 5.92 Å². The minimum Gasteiger partial charge on any atom is -0.478 e. The van der Waals surface area contributed by atoms with Gasteiger partial charge in [-0.2, -0.15) is 0 Å². The molecule has 0 amide bonds. The van der Waals surface area contributed by atoms with Gasteiger partial charge in [0.15, 0.2) is 5.78 Å². The van der Waals surface area contributed by atoms with Crippen LogP contribution < -0.4 is 0 Å². The molecule has 1 heterocycles. The zero-order chi connectivity index (χ0) is 20.4. The summed E-state index contributed by atoms with van der Waals surface area (Å²) in [7, 11) is 0. The summed E-state index contributed by atoms with van der Waals surface area (Å²) in [5.74, 6) is -0.295. The number of aryl methyl sites for hydroxylation is 3. The molecule has 0 bridgehead atoms. The number of carboxylic acids is 1. The second kappa shape index (κ2) is 8.24. The summed E-state index contributed by atoms with van der Waals surface area (Å²) in [4.78, 5) is 28.1. The van der Waals surface area contributed by atoms with Crippen LogP contribution in [0, 0.1) is 12.8 Å². The van der Waals surface area contributed by atoms with Crippen molar-refractivity contribution in [1.82, 2.24) is 4.98 Å². The number of H-pyrrole nitrogens is 1. The number of fused-ring (bicyclic) bond motifs is 1. The summed E-state index contributed by atoms with van der Waals surface area (Å²) in [5.41, 5.74) is 4.69. The van der Waals surface area contributed by atoms with Crippen molar-refractivity contribution in [2.75, 3.05) is 0 Å². The van der Waals surface area contributed by atoms with Crippen LogP contribution in [0.3, 0.4) is 0 Å². The number of hydrogen-bond donors (Lipinski definition) is 2. The van der Waals surface area contributed by atoms with Crippen molar-refractivity contribution >= 4 is 22.7 Å². The molecule has 1 fully saturated rings. The minimum atomic E-state index is -0.932. The summed E-state index contributed by atoms with van der Waals surface area (Å²) >= 11 is 0. The molecule has 4 nitrogen and oxygen atoms in total. The Morgan fingerprint density at radius 2 is 1.79 bits per heavy atom. The van der Waals surface area contributed by atoms with Gasteiger partial charge in [-0.15, -0.1) is 0 Å². The molecule has 0 unspecified atom stereocenters. The second-order valence-corrected chi connectivity index (χ2v) is 8.26. The zero-order valence-corrected chi connectivity index (χ0v) is 16.8. The maximum atomic E-state index is 13.2. The molecule has 2 aromatic carbocycles. The average molecular weight is 389 g/mol. The Labute approximate surface area is 171 Å². The number of carboxylic acid groups (broad SMARTS) is 1. The van der Waals surface area contributed by atoms with Crippen LogP contribution in [-0.2, 0) is 12.8 Å². The molecule has 0 spiro atoms. The van der Waals surface area contributed by atoms with Crippen LogP contribution in [-0.4, -0.2) is 21.8 Å². The molecule has 4 heteroatoms. The Hall–Kier alpha value is -2.88. The van der Waals surface area contributed by atoms with Crippen LogP contribution in [0.5, 0.6) is 0 Å². The summed E-state index contributed by atoms with van der Waals surface area (Å²) < 4.78 is 0. The van der Waals surface area contributed by atoms with E-state index in [9.17, 15) is 14.7 Å². The number of Topliss-reactive ketones (excluding diaryl/α,β-unsaturated/α-hetero) is 1. The molecule has 1 aliphatic carbocycles. The number of aromatic amines is 1. The Morgan fingerprint density at radius 3 is 2.48 bits per heavy atom. The molecule has 1 saturated carbocycles. The highest BCUT2D eigenvalue weighted by Crippen LogP contribution is 2.32. The molecule has 29 heavy (non-hydrogen) atoms. The fourth-order valence-electron chi connectivity index (χ4n) is 4.63. The predicted octanol–water partition coefficient (Wildman–Crippen LogP) is 5.72. The van der Waals surface area contributed by atoms with Gasteiger partial charge in [0.2, 0.25) is 0 Å². The van der Waals surface area contributed by atoms with Crippen LogP contribution in [0.25, 0.3) is 10.9 Å². The normalized spacial score (nSPS) is 14.5. The Balaban J connectivity index is 1.73. The summed E-state index contributed by atoms with van der Waals surface area (Å²) in [5, 5.41) is 10.4. The molecule has 150 valence electrons. The molecule has 0 saturated heterocycles. The van der Waals surface area contributed by atoms with Gasteiger partial charge in [0.1, 0.15) is 0 Å². The zero-order valence-electron chi connectivity index (χ0n) is 16.8. The second-order valence-electron chi connectivity index (χ2n) is 8.26. The first-order chi connectivity index (χ1) is 14.0. The molecule has 0 radical (unpaired) electrons. The van der Waals surface area contributed by atoms with Gasteiger partial charge in [0.05, 0.1) is 11.3 Å². The van der Waals surface area contributed by atoms with Gasteiger partial charge in [0.25, 0.3) is 0 Å². The number of carbonyl (C=O) groups is 2. The van der Waals surface area contributed by atoms with E-state index in [-0.39, 0.29) is 5.78 Å². The standard InChI is InChI=1S/C25H27NO3/c1-16-13-22-21(15-20(16)25(28)29)19(12-11-17-7-3-2-4-8-17)24(26-22)23(27)14-18-9-5-6-10-18/h2-4,7-8,13,15,18,26H,5-6,9-12,14H2,1H3,(H,28,29). The van der Waals surface area contributed by atoms with Gasteiger partial charge in [-0.25, -0.2) is 4.79 Å². The number of ketones is 1. The van der Waals surface area contributed by atoms with E-state index in [0.29, 0.717) is 35.6 Å². The van der Waals surface area contributed by atoms with Gasteiger partial charge in [-0.3, -0.25) is 4.79 Å². The number of nitrogens with one attached hydrogen (secondary N) is 1. The topological polar surface area (TPSA) is 70.2 Å². The molecule has 0 atom stereocenters. The molecular formula is C25H27NO3. The van der Waals surface area contributed by atoms with E-state index >= 15 is 0 Å². The maximum absolute atomic E-state index is 13.2. The predicted molar refractivity (Wildman–Crippen MR) is 115 cm³/mol. The smallest absolute Gasteiger partial charge is 0.335 e. The lowest BCUT2D eigenvalue weighted by Gasteiger charge is -2.09. The number of carbonyl (C=O) groups excluding carboxylic acids is 1. The molecular weight excluding hydrogens is 362 g/mol. The molecule has 0 aliphatic heterocycles. The highest BCUT2D eigenvalue weighted by Gasteiger charge is 2.24. The van der Waals surface area contributed by atoms with E-state index in [1.54, 1.807) is 13.0 Å². The summed E-state index contributed by atoms with van der Waals surface area (Å²) in [6.45, 7) is 1.80. The van der Waals surface area contributed by atoms with Crippen molar-refractivity contribution in [3.63, 3.8) is 0 Å². The average Bonchev–Trinajstić information content (AvgIpc) is 3.33. The van der Waals surface area contributed by atoms with E-state index < -0.39 is 5.97 Å². The van der Waals surface area contributed by atoms with Crippen LogP contribution >= 0.6 is 0 Å². The highest BCUT2D eigenvalue weighted by molar-refractivity contribution is 6.04. The van der Waals surface area contributed by atoms with Gasteiger partial charge in [0, 0.05) is 17.3 Å². The van der Waals surface area contributed by atoms with Crippen LogP contribution in [0.2, 0.25) is 0 Å². The number of rotatable bonds is 7. The maximum Gasteiger partial charge on any atom is 0.335 e. The van der Waals surface area contributed by atoms with E-state index in [0.717, 1.165) is 35.7 Å². The summed E-state index contributed by atoms with van der Waals surface area (Å²) in [6, 6.07) is 13.8. The quantitative estimate of drug-likeness (QED) is 0.508. The molecule has 1 aliphatic rings. The van der Waals surface area contributed by atoms with Gasteiger partial charge in [-0.05, 0) is 54.5 Å². The van der Waals surface area contributed by atoms with Crippen molar-refractivity contribution in [1.29, 1.82) is 0 Å². The molecule has 3 aromatic rings. The van der Waals surface area contributed by atoms with Crippen LogP contribution in [0.1, 0.15) is 69.6 Å². The Bertz CT molecular complexity index is 1040. The fourth-order valence-corrected chi connectivity index (χ4v) is 4.63. The van der Waals surface area contributed by atoms with Crippen molar-refractivity contribution in [3.05, 3.63) is 70.4 Å². The van der Waals surface area contributed by atoms with Gasteiger partial charge in [-0.1, -0.05) is 56.0 Å². The first-order valence-electron chi connectivity index (χ1n) is 10.5.